The van der Waals surface area contributed by atoms with E-state index in [-0.39, 0.29) is 11.8 Å². The number of hydrogen-bond donors (Lipinski definition) is 2. The summed E-state index contributed by atoms with van der Waals surface area (Å²) >= 11 is 0. The van der Waals surface area contributed by atoms with Crippen LogP contribution in [-0.2, 0) is 6.54 Å². The van der Waals surface area contributed by atoms with Crippen LogP contribution in [0.25, 0.3) is 0 Å². The molecule has 0 spiro atoms. The second-order valence-corrected chi connectivity index (χ2v) is 4.87. The minimum atomic E-state index is 0.112. The molecule has 0 aliphatic carbocycles. The maximum Gasteiger partial charge on any atom is 0.0947 e. The van der Waals surface area contributed by atoms with E-state index in [1.807, 2.05) is 13.0 Å². The van der Waals surface area contributed by atoms with Crippen LogP contribution in [-0.4, -0.2) is 23.3 Å². The van der Waals surface area contributed by atoms with Crippen molar-refractivity contribution in [1.82, 2.24) is 4.90 Å². The average molecular weight is 233 g/mol. The van der Waals surface area contributed by atoms with Gasteiger partial charge in [-0.2, -0.15) is 0 Å². The lowest BCUT2D eigenvalue weighted by Gasteiger charge is -2.29. The zero-order valence-corrected chi connectivity index (χ0v) is 11.0. The van der Waals surface area contributed by atoms with Crippen LogP contribution in [0.4, 0.5) is 0 Å². The van der Waals surface area contributed by atoms with Gasteiger partial charge in [-0.25, -0.2) is 0 Å². The Balaban J connectivity index is 2.64. The number of benzene rings is 1. The van der Waals surface area contributed by atoms with Crippen LogP contribution in [0.1, 0.15) is 26.3 Å². The number of rotatable bonds is 6. The third-order valence-corrected chi connectivity index (χ3v) is 3.00. The highest BCUT2D eigenvalue weighted by atomic mass is 15.1. The molecule has 0 amide bonds. The van der Waals surface area contributed by atoms with Gasteiger partial charge in [0.25, 0.3) is 0 Å². The van der Waals surface area contributed by atoms with Crippen molar-refractivity contribution in [3.05, 3.63) is 35.9 Å². The van der Waals surface area contributed by atoms with Gasteiger partial charge >= 0.3 is 0 Å². The van der Waals surface area contributed by atoms with E-state index in [0.29, 0.717) is 6.04 Å². The summed E-state index contributed by atoms with van der Waals surface area (Å²) in [5.74, 6) is 0.379. The van der Waals surface area contributed by atoms with Crippen LogP contribution < -0.4 is 5.73 Å². The molecular weight excluding hydrogens is 210 g/mol. The van der Waals surface area contributed by atoms with Gasteiger partial charge in [-0.05, 0) is 19.4 Å². The van der Waals surface area contributed by atoms with Crippen LogP contribution in [0.3, 0.4) is 0 Å². The second-order valence-electron chi connectivity index (χ2n) is 4.87. The van der Waals surface area contributed by atoms with Gasteiger partial charge in [-0.3, -0.25) is 10.3 Å². The van der Waals surface area contributed by atoms with E-state index >= 15 is 0 Å². The minimum absolute atomic E-state index is 0.112. The number of hydrogen-bond acceptors (Lipinski definition) is 2. The van der Waals surface area contributed by atoms with Crippen molar-refractivity contribution in [2.75, 3.05) is 6.54 Å². The summed E-state index contributed by atoms with van der Waals surface area (Å²) in [4.78, 5) is 2.35. The van der Waals surface area contributed by atoms with Crippen LogP contribution >= 0.6 is 0 Å². The fraction of sp³-hybridized carbons (Fsp3) is 0.500. The van der Waals surface area contributed by atoms with Crippen LogP contribution in [0, 0.1) is 11.3 Å². The highest BCUT2D eigenvalue weighted by Gasteiger charge is 2.15. The normalized spacial score (nSPS) is 13.0. The molecule has 3 N–H and O–H groups in total. The van der Waals surface area contributed by atoms with Gasteiger partial charge in [-0.15, -0.1) is 0 Å². The van der Waals surface area contributed by atoms with Crippen LogP contribution in [0.15, 0.2) is 30.3 Å². The number of nitrogens with one attached hydrogen (secondary N) is 1. The maximum absolute atomic E-state index is 7.47. The monoisotopic (exact) mass is 233 g/mol. The standard InChI is InChI=1S/C14H23N3/c1-11(2)17(9-12(3)14(15)16)10-13-7-5-4-6-8-13/h4-8,11-12H,9-10H2,1-3H3,(H3,15,16). The van der Waals surface area contributed by atoms with Gasteiger partial charge in [0, 0.05) is 25.0 Å². The summed E-state index contributed by atoms with van der Waals surface area (Å²) in [7, 11) is 0. The van der Waals surface area contributed by atoms with E-state index in [1.165, 1.54) is 5.56 Å². The molecule has 1 aromatic rings. The van der Waals surface area contributed by atoms with Crippen molar-refractivity contribution in [1.29, 1.82) is 5.41 Å². The Morgan fingerprint density at radius 3 is 2.29 bits per heavy atom. The molecule has 0 bridgehead atoms. The molecule has 0 heterocycles. The first-order valence-electron chi connectivity index (χ1n) is 6.12. The zero-order valence-electron chi connectivity index (χ0n) is 11.0. The maximum atomic E-state index is 7.47. The van der Waals surface area contributed by atoms with Crippen LogP contribution in [0.5, 0.6) is 0 Å². The van der Waals surface area contributed by atoms with Crippen molar-refractivity contribution < 1.29 is 0 Å². The van der Waals surface area contributed by atoms with Crippen molar-refractivity contribution in [3.63, 3.8) is 0 Å². The number of amidine groups is 1. The van der Waals surface area contributed by atoms with E-state index in [2.05, 4.69) is 43.0 Å². The molecule has 0 aliphatic heterocycles. The van der Waals surface area contributed by atoms with Crippen molar-refractivity contribution >= 4 is 5.84 Å². The highest BCUT2D eigenvalue weighted by molar-refractivity contribution is 5.79. The smallest absolute Gasteiger partial charge is 0.0947 e. The molecule has 0 aromatic heterocycles. The lowest BCUT2D eigenvalue weighted by molar-refractivity contribution is 0.200. The summed E-state index contributed by atoms with van der Waals surface area (Å²) in [5.41, 5.74) is 6.84. The first-order chi connectivity index (χ1) is 8.00. The Labute approximate surface area is 104 Å². The lowest BCUT2D eigenvalue weighted by atomic mass is 10.1. The molecular formula is C14H23N3. The molecule has 3 nitrogen and oxygen atoms in total. The molecule has 0 radical (unpaired) electrons. The summed E-state index contributed by atoms with van der Waals surface area (Å²) in [6.45, 7) is 8.10. The molecule has 1 atom stereocenters. The summed E-state index contributed by atoms with van der Waals surface area (Å²) in [6, 6.07) is 10.9. The van der Waals surface area contributed by atoms with E-state index in [9.17, 15) is 0 Å². The third kappa shape index (κ3) is 4.57. The fourth-order valence-corrected chi connectivity index (χ4v) is 1.73. The Morgan fingerprint density at radius 2 is 1.82 bits per heavy atom. The summed E-state index contributed by atoms with van der Waals surface area (Å²) in [6.07, 6.45) is 0. The largest absolute Gasteiger partial charge is 0.387 e. The van der Waals surface area contributed by atoms with E-state index in [0.717, 1.165) is 13.1 Å². The molecule has 1 unspecified atom stereocenters. The van der Waals surface area contributed by atoms with Gasteiger partial charge in [0.1, 0.15) is 0 Å². The predicted molar refractivity (Wildman–Crippen MR) is 73.1 cm³/mol. The molecule has 0 saturated heterocycles. The van der Waals surface area contributed by atoms with Gasteiger partial charge in [-0.1, -0.05) is 37.3 Å². The second kappa shape index (κ2) is 6.40. The number of nitrogens with zero attached hydrogens (tertiary/aromatic N) is 1. The van der Waals surface area contributed by atoms with Crippen molar-refractivity contribution in [2.45, 2.75) is 33.4 Å². The average Bonchev–Trinajstić information content (AvgIpc) is 2.29. The Morgan fingerprint density at radius 1 is 1.24 bits per heavy atom. The lowest BCUT2D eigenvalue weighted by Crippen LogP contribution is -2.38. The molecule has 1 rings (SSSR count). The first-order valence-corrected chi connectivity index (χ1v) is 6.12. The molecule has 0 saturated carbocycles. The van der Waals surface area contributed by atoms with Crippen molar-refractivity contribution in [3.8, 4) is 0 Å². The van der Waals surface area contributed by atoms with E-state index in [1.54, 1.807) is 0 Å². The SMILES string of the molecule is CC(CN(Cc1ccccc1)C(C)C)C(=N)N. The topological polar surface area (TPSA) is 53.1 Å². The quantitative estimate of drug-likeness (QED) is 0.586. The predicted octanol–water partition coefficient (Wildman–Crippen LogP) is 2.47. The highest BCUT2D eigenvalue weighted by Crippen LogP contribution is 2.10. The Bertz CT molecular complexity index is 346. The van der Waals surface area contributed by atoms with Gasteiger partial charge in [0.2, 0.25) is 0 Å². The molecule has 17 heavy (non-hydrogen) atoms. The fourth-order valence-electron chi connectivity index (χ4n) is 1.73. The van der Waals surface area contributed by atoms with Gasteiger partial charge < -0.3 is 5.73 Å². The molecule has 0 fully saturated rings. The van der Waals surface area contributed by atoms with E-state index in [4.69, 9.17) is 11.1 Å². The summed E-state index contributed by atoms with van der Waals surface area (Å²) in [5, 5.41) is 7.47. The third-order valence-electron chi connectivity index (χ3n) is 3.00. The first kappa shape index (κ1) is 13.7. The number of nitrogens with two attached hydrogens (primary N) is 1. The minimum Gasteiger partial charge on any atom is -0.387 e. The Hall–Kier alpha value is -1.35. The molecule has 1 aromatic carbocycles. The van der Waals surface area contributed by atoms with Gasteiger partial charge in [0.05, 0.1) is 5.84 Å². The van der Waals surface area contributed by atoms with E-state index < -0.39 is 0 Å². The molecule has 0 aliphatic rings. The van der Waals surface area contributed by atoms with Gasteiger partial charge in [0.15, 0.2) is 0 Å². The summed E-state index contributed by atoms with van der Waals surface area (Å²) < 4.78 is 0. The zero-order chi connectivity index (χ0) is 12.8. The molecule has 3 heteroatoms. The van der Waals surface area contributed by atoms with Crippen LogP contribution in [0.2, 0.25) is 0 Å². The van der Waals surface area contributed by atoms with Crippen molar-refractivity contribution in [2.24, 2.45) is 11.7 Å². The Kier molecular flexibility index (Phi) is 5.16. The molecule has 94 valence electrons.